The number of hydrogen-bond donors (Lipinski definition) is 4. The van der Waals surface area contributed by atoms with Gasteiger partial charge < -0.3 is 19.3 Å². The molecule has 2 unspecified atom stereocenters. The van der Waals surface area contributed by atoms with E-state index < -0.39 is 18.2 Å². The van der Waals surface area contributed by atoms with Crippen LogP contribution in [-0.2, 0) is 34.0 Å². The molecule has 4 aromatic rings. The third kappa shape index (κ3) is 9.31. The number of nitrogens with one attached hydrogen (secondary N) is 2. The molecule has 3 heterocycles. The van der Waals surface area contributed by atoms with E-state index in [1.54, 1.807) is 27.4 Å². The number of aliphatic hydroxyl groups is 1. The summed E-state index contributed by atoms with van der Waals surface area (Å²) in [6, 6.07) is 20.1. The molecule has 0 bridgehead atoms. The van der Waals surface area contributed by atoms with Crippen LogP contribution in [-0.4, -0.2) is 68.0 Å². The molecule has 1 aromatic heterocycles. The second-order valence-corrected chi connectivity index (χ2v) is 13.6. The molecule has 0 saturated carbocycles. The van der Waals surface area contributed by atoms with Gasteiger partial charge in [-0.3, -0.25) is 34.6 Å². The molecular formula is C41H45N5O7. The molecule has 0 radical (unpaired) electrons. The first-order valence-electron chi connectivity index (χ1n) is 18.1. The molecule has 1 saturated heterocycles. The van der Waals surface area contributed by atoms with E-state index in [1.165, 1.54) is 0 Å². The van der Waals surface area contributed by atoms with Gasteiger partial charge in [0.25, 0.3) is 5.91 Å². The second kappa shape index (κ2) is 17.4. The number of nitrogens with zero attached hydrogens (tertiary/aromatic N) is 3. The Bertz CT molecular complexity index is 2050. The normalized spacial score (nSPS) is 16.8. The number of ether oxygens (including phenoxy) is 1. The first kappa shape index (κ1) is 37.3. The van der Waals surface area contributed by atoms with Crippen LogP contribution in [0.15, 0.2) is 72.9 Å². The van der Waals surface area contributed by atoms with Crippen molar-refractivity contribution in [2.45, 2.75) is 83.3 Å². The average molecular weight is 720 g/mol. The summed E-state index contributed by atoms with van der Waals surface area (Å²) in [6.45, 7) is 1.90. The number of hydrogen-bond acceptors (Lipinski definition) is 8. The lowest BCUT2D eigenvalue weighted by Gasteiger charge is -2.31. The number of carbonyl (C=O) groups is 4. The summed E-state index contributed by atoms with van der Waals surface area (Å²) in [5.74, 6) is 6.08. The highest BCUT2D eigenvalue weighted by atomic mass is 16.5. The summed E-state index contributed by atoms with van der Waals surface area (Å²) in [4.78, 5) is 52.0. The molecule has 12 heteroatoms. The highest BCUT2D eigenvalue weighted by Gasteiger charge is 2.39. The van der Waals surface area contributed by atoms with Crippen molar-refractivity contribution < 1.29 is 34.2 Å². The Labute approximate surface area is 308 Å². The Hall–Kier alpha value is -5.48. The molecule has 6 rings (SSSR count). The van der Waals surface area contributed by atoms with Gasteiger partial charge in [-0.25, -0.2) is 5.48 Å². The number of rotatable bonds is 14. The number of aromatic nitrogens is 1. The Kier molecular flexibility index (Phi) is 12.2. The van der Waals surface area contributed by atoms with Gasteiger partial charge in [0.05, 0.1) is 12.6 Å². The van der Waals surface area contributed by atoms with E-state index in [0.717, 1.165) is 71.0 Å². The van der Waals surface area contributed by atoms with Crippen LogP contribution in [0.5, 0.6) is 5.75 Å². The van der Waals surface area contributed by atoms with Crippen LogP contribution in [0.4, 0.5) is 0 Å². The van der Waals surface area contributed by atoms with Gasteiger partial charge >= 0.3 is 0 Å². The fourth-order valence-electron chi connectivity index (χ4n) is 6.95. The minimum Gasteiger partial charge on any atom is -0.492 e. The van der Waals surface area contributed by atoms with Gasteiger partial charge in [-0.1, -0.05) is 48.9 Å². The van der Waals surface area contributed by atoms with E-state index in [2.05, 4.69) is 17.2 Å². The highest BCUT2D eigenvalue weighted by molar-refractivity contribution is 6.00. The Morgan fingerprint density at radius 1 is 1.04 bits per heavy atom. The molecule has 4 N–H and O–H groups in total. The highest BCUT2D eigenvalue weighted by Crippen LogP contribution is 2.35. The summed E-state index contributed by atoms with van der Waals surface area (Å²) in [5, 5.41) is 23.1. The van der Waals surface area contributed by atoms with Crippen molar-refractivity contribution in [3.05, 3.63) is 101 Å². The lowest BCUT2D eigenvalue weighted by Crippen LogP contribution is -2.51. The maximum atomic E-state index is 12.8. The lowest BCUT2D eigenvalue weighted by molar-refractivity contribution is -0.141. The summed E-state index contributed by atoms with van der Waals surface area (Å²) < 4.78 is 8.02. The van der Waals surface area contributed by atoms with E-state index >= 15 is 0 Å². The monoisotopic (exact) mass is 719 g/mol. The summed E-state index contributed by atoms with van der Waals surface area (Å²) in [6.07, 6.45) is 6.65. The molecule has 2 aliphatic heterocycles. The number of amides is 4. The van der Waals surface area contributed by atoms with E-state index in [1.807, 2.05) is 72.4 Å². The van der Waals surface area contributed by atoms with Gasteiger partial charge in [0.15, 0.2) is 0 Å². The zero-order chi connectivity index (χ0) is 37.3. The number of carbonyl (C=O) groups excluding carboxylic acids is 4. The van der Waals surface area contributed by atoms with Gasteiger partial charge in [-0.05, 0) is 83.8 Å². The van der Waals surface area contributed by atoms with E-state index in [-0.39, 0.29) is 24.1 Å². The lowest BCUT2D eigenvalue weighted by atomic mass is 10.0. The van der Waals surface area contributed by atoms with Gasteiger partial charge in [0.1, 0.15) is 18.6 Å². The van der Waals surface area contributed by atoms with Crippen LogP contribution in [0.1, 0.15) is 90.2 Å². The van der Waals surface area contributed by atoms with Gasteiger partial charge in [-0.15, -0.1) is 0 Å². The molecule has 12 nitrogen and oxygen atoms in total. The van der Waals surface area contributed by atoms with Gasteiger partial charge in [0.2, 0.25) is 17.7 Å². The molecular weight excluding hydrogens is 674 g/mol. The number of unbranched alkanes of at least 4 members (excludes halogenated alkanes) is 4. The van der Waals surface area contributed by atoms with Crippen LogP contribution in [0.2, 0.25) is 0 Å². The molecule has 4 amide bonds. The average Bonchev–Trinajstić information content (AvgIpc) is 3.71. The SMILES string of the molecule is CN(Cc1cccc(OCCn2ccc3ccc(C(=O)NO)cc32)c1)C(=O)CCCCCCC#Cc1ccc2c(c1)CN(C1CCC(=O)NC1=O)C2O. The first-order chi connectivity index (χ1) is 25.7. The maximum Gasteiger partial charge on any atom is 0.274 e. The quantitative estimate of drug-likeness (QED) is 0.0477. The minimum absolute atomic E-state index is 0.0998. The standard InChI is InChI=1S/C41H45N5O7/c1-44(26-29-10-8-11-33(24-29)53-22-21-45-20-19-30-14-15-31(25-36(30)45)39(49)43-52)38(48)12-7-5-3-2-4-6-9-28-13-16-34-32(23-28)27-46(41(34)51)35-17-18-37(47)42-40(35)50/h8,10-11,13-16,19-20,23-25,35,41,51-52H,2-5,7,12,17-18,21-22,26-27H2,1H3,(H,43,49)(H,42,47,50). The van der Waals surface area contributed by atoms with Crippen molar-refractivity contribution >= 4 is 34.5 Å². The predicted octanol–water partition coefficient (Wildman–Crippen LogP) is 4.80. The van der Waals surface area contributed by atoms with Crippen molar-refractivity contribution in [2.75, 3.05) is 13.7 Å². The number of hydroxylamine groups is 1. The zero-order valence-electron chi connectivity index (χ0n) is 29.8. The molecule has 3 aromatic carbocycles. The van der Waals surface area contributed by atoms with E-state index in [0.29, 0.717) is 44.6 Å². The maximum absolute atomic E-state index is 12.8. The molecule has 53 heavy (non-hydrogen) atoms. The number of benzene rings is 3. The third-order valence-electron chi connectivity index (χ3n) is 9.86. The van der Waals surface area contributed by atoms with Crippen molar-refractivity contribution in [3.63, 3.8) is 0 Å². The first-order valence-corrected chi connectivity index (χ1v) is 18.1. The van der Waals surface area contributed by atoms with Crippen LogP contribution >= 0.6 is 0 Å². The van der Waals surface area contributed by atoms with Crippen molar-refractivity contribution in [1.29, 1.82) is 0 Å². The number of imide groups is 1. The van der Waals surface area contributed by atoms with E-state index in [4.69, 9.17) is 9.94 Å². The Morgan fingerprint density at radius 3 is 2.72 bits per heavy atom. The summed E-state index contributed by atoms with van der Waals surface area (Å²) in [7, 11) is 1.82. The second-order valence-electron chi connectivity index (χ2n) is 13.6. The smallest absolute Gasteiger partial charge is 0.274 e. The Morgan fingerprint density at radius 2 is 1.89 bits per heavy atom. The Balaban J connectivity index is 0.872. The molecule has 2 atom stereocenters. The summed E-state index contributed by atoms with van der Waals surface area (Å²) >= 11 is 0. The predicted molar refractivity (Wildman–Crippen MR) is 197 cm³/mol. The fourth-order valence-corrected chi connectivity index (χ4v) is 6.95. The molecule has 276 valence electrons. The topological polar surface area (TPSA) is 153 Å². The fraction of sp³-hybridized carbons (Fsp3) is 0.366. The van der Waals surface area contributed by atoms with Crippen LogP contribution in [0, 0.1) is 11.8 Å². The van der Waals surface area contributed by atoms with Crippen LogP contribution in [0.3, 0.4) is 0 Å². The van der Waals surface area contributed by atoms with Gasteiger partial charge in [0, 0.05) is 62.2 Å². The molecule has 0 aliphatic carbocycles. The molecule has 1 fully saturated rings. The van der Waals surface area contributed by atoms with E-state index in [9.17, 15) is 24.3 Å². The molecule has 2 aliphatic rings. The van der Waals surface area contributed by atoms with Crippen molar-refractivity contribution in [3.8, 4) is 17.6 Å². The zero-order valence-corrected chi connectivity index (χ0v) is 29.8. The number of piperidine rings is 1. The number of aliphatic hydroxyl groups excluding tert-OH is 1. The van der Waals surface area contributed by atoms with Crippen LogP contribution in [0.25, 0.3) is 10.9 Å². The molecule has 0 spiro atoms. The van der Waals surface area contributed by atoms with Crippen LogP contribution < -0.4 is 15.5 Å². The largest absolute Gasteiger partial charge is 0.492 e. The third-order valence-corrected chi connectivity index (χ3v) is 9.86. The minimum atomic E-state index is -0.884. The summed E-state index contributed by atoms with van der Waals surface area (Å²) in [5.41, 5.74) is 6.46. The van der Waals surface area contributed by atoms with Crippen molar-refractivity contribution in [1.82, 2.24) is 25.2 Å². The van der Waals surface area contributed by atoms with Gasteiger partial charge in [-0.2, -0.15) is 0 Å². The number of fused-ring (bicyclic) bond motifs is 2. The van der Waals surface area contributed by atoms with Crippen molar-refractivity contribution in [2.24, 2.45) is 0 Å².